The molecule has 3 aromatic heterocycles. The van der Waals surface area contributed by atoms with Crippen molar-refractivity contribution in [2.24, 2.45) is 0 Å². The fourth-order valence-corrected chi connectivity index (χ4v) is 4.48. The third-order valence-corrected chi connectivity index (χ3v) is 6.13. The van der Waals surface area contributed by atoms with Gasteiger partial charge in [0.2, 0.25) is 0 Å². The summed E-state index contributed by atoms with van der Waals surface area (Å²) in [4.78, 5) is 16.9. The van der Waals surface area contributed by atoms with E-state index in [0.717, 1.165) is 57.7 Å². The fraction of sp³-hybridized carbons (Fsp3) is 0.231. The summed E-state index contributed by atoms with van der Waals surface area (Å²) in [5.41, 5.74) is 13.5. The third kappa shape index (κ3) is 3.09. The highest BCUT2D eigenvalue weighted by molar-refractivity contribution is 5.92. The van der Waals surface area contributed by atoms with Gasteiger partial charge in [-0.05, 0) is 97.5 Å². The molecule has 0 fully saturated rings. The monoisotopic (exact) mass is 394 g/mol. The molecule has 30 heavy (non-hydrogen) atoms. The Morgan fingerprint density at radius 1 is 0.733 bits per heavy atom. The maximum absolute atomic E-state index is 5.01. The smallest absolute Gasteiger partial charge is 0.0693 e. The number of nitrogens with zero attached hydrogens (tertiary/aromatic N) is 2. The molecule has 2 aliphatic heterocycles. The number of fused-ring (bicyclic) bond motifs is 8. The standard InChI is InChI=1S/C26H26N4/c1-5-21-15(3)23-12-19-9-7-17(27-19)11-18-8-10-20(28-18)13-24-16(4)22(6-2)26(30-24)14-25(21)29-23/h7-14,27,30H,5-6H2,1-4H3. The van der Waals surface area contributed by atoms with Gasteiger partial charge >= 0.3 is 0 Å². The van der Waals surface area contributed by atoms with E-state index in [1.807, 2.05) is 0 Å². The lowest BCUT2D eigenvalue weighted by Gasteiger charge is -1.99. The summed E-state index contributed by atoms with van der Waals surface area (Å²) in [5.74, 6) is 0. The topological polar surface area (TPSA) is 57.4 Å². The van der Waals surface area contributed by atoms with Crippen LogP contribution in [-0.2, 0) is 6.42 Å². The molecule has 2 aliphatic rings. The van der Waals surface area contributed by atoms with Crippen molar-refractivity contribution >= 4 is 45.4 Å². The molecule has 0 radical (unpaired) electrons. The zero-order valence-corrected chi connectivity index (χ0v) is 17.9. The largest absolute Gasteiger partial charge is 0.355 e. The molecule has 0 spiro atoms. The molecule has 5 heterocycles. The van der Waals surface area contributed by atoms with Crippen molar-refractivity contribution in [1.82, 2.24) is 19.9 Å². The second kappa shape index (κ2) is 7.13. The number of aromatic amines is 2. The molecule has 4 heteroatoms. The highest BCUT2D eigenvalue weighted by Gasteiger charge is 2.16. The molecule has 0 aliphatic carbocycles. The minimum Gasteiger partial charge on any atom is -0.355 e. The molecule has 0 amide bonds. The van der Waals surface area contributed by atoms with E-state index in [-0.39, 0.29) is 0 Å². The van der Waals surface area contributed by atoms with Crippen LogP contribution in [-0.4, -0.2) is 19.9 Å². The van der Waals surface area contributed by atoms with Crippen LogP contribution in [0, 0.1) is 6.92 Å². The lowest BCUT2D eigenvalue weighted by Crippen LogP contribution is -1.83. The van der Waals surface area contributed by atoms with Crippen LogP contribution in [0.2, 0.25) is 0 Å². The van der Waals surface area contributed by atoms with Crippen LogP contribution < -0.4 is 0 Å². The van der Waals surface area contributed by atoms with E-state index in [2.05, 4.69) is 86.2 Å². The summed E-state index contributed by atoms with van der Waals surface area (Å²) in [6, 6.07) is 12.8. The van der Waals surface area contributed by atoms with E-state index < -0.39 is 0 Å². The van der Waals surface area contributed by atoms with E-state index in [1.165, 1.54) is 22.3 Å². The van der Waals surface area contributed by atoms with Crippen molar-refractivity contribution in [2.45, 2.75) is 40.5 Å². The van der Waals surface area contributed by atoms with E-state index in [4.69, 9.17) is 9.97 Å². The molecule has 0 aromatic carbocycles. The van der Waals surface area contributed by atoms with Crippen LogP contribution in [0.4, 0.5) is 0 Å². The second-order valence-corrected chi connectivity index (χ2v) is 7.99. The summed E-state index contributed by atoms with van der Waals surface area (Å²) >= 11 is 0. The predicted molar refractivity (Wildman–Crippen MR) is 127 cm³/mol. The first kappa shape index (κ1) is 18.6. The van der Waals surface area contributed by atoms with Crippen molar-refractivity contribution in [3.8, 4) is 0 Å². The molecule has 150 valence electrons. The molecule has 0 unspecified atom stereocenters. The van der Waals surface area contributed by atoms with Crippen LogP contribution in [0.25, 0.3) is 45.4 Å². The van der Waals surface area contributed by atoms with Gasteiger partial charge in [-0.3, -0.25) is 0 Å². The normalized spacial score (nSPS) is 13.3. The Hall–Kier alpha value is -3.40. The Morgan fingerprint density at radius 2 is 1.47 bits per heavy atom. The van der Waals surface area contributed by atoms with Gasteiger partial charge in [-0.25, -0.2) is 9.97 Å². The Kier molecular flexibility index (Phi) is 4.43. The first-order valence-electron chi connectivity index (χ1n) is 10.6. The molecule has 0 saturated carbocycles. The van der Waals surface area contributed by atoms with E-state index in [0.29, 0.717) is 0 Å². The van der Waals surface area contributed by atoms with E-state index in [1.54, 1.807) is 0 Å². The van der Waals surface area contributed by atoms with Crippen LogP contribution in [0.1, 0.15) is 61.1 Å². The molecule has 3 aromatic rings. The van der Waals surface area contributed by atoms with Crippen LogP contribution in [0.5, 0.6) is 0 Å². The van der Waals surface area contributed by atoms with Crippen LogP contribution in [0.15, 0.2) is 36.4 Å². The summed E-state index contributed by atoms with van der Waals surface area (Å²) in [7, 11) is 0. The average molecular weight is 395 g/mol. The maximum atomic E-state index is 5.01. The number of hydrogen-bond acceptors (Lipinski definition) is 2. The van der Waals surface area contributed by atoms with Crippen molar-refractivity contribution in [3.05, 3.63) is 70.3 Å². The third-order valence-electron chi connectivity index (χ3n) is 6.13. The van der Waals surface area contributed by atoms with Gasteiger partial charge in [-0.1, -0.05) is 13.8 Å². The van der Waals surface area contributed by atoms with Gasteiger partial charge in [0.25, 0.3) is 0 Å². The van der Waals surface area contributed by atoms with Crippen LogP contribution >= 0.6 is 0 Å². The molecule has 2 N–H and O–H groups in total. The van der Waals surface area contributed by atoms with Gasteiger partial charge in [0, 0.05) is 22.1 Å². The van der Waals surface area contributed by atoms with Gasteiger partial charge in [0.1, 0.15) is 0 Å². The van der Waals surface area contributed by atoms with E-state index in [9.17, 15) is 0 Å². The Morgan fingerprint density at radius 3 is 2.20 bits per heavy atom. The number of allylic oxidation sites excluding steroid dienone is 2. The number of hydrogen-bond donors (Lipinski definition) is 2. The SMILES string of the molecule is CCC1=C(C)c2cc3ccc(cc4nc(cc5[nH]c(cc1n2)c(CC)c5C)C=C4)[nH]3. The number of H-pyrrole nitrogens is 2. The molecule has 4 nitrogen and oxygen atoms in total. The zero-order valence-electron chi connectivity index (χ0n) is 17.9. The molecule has 8 bridgehead atoms. The molecular formula is C26H26N4. The summed E-state index contributed by atoms with van der Waals surface area (Å²) in [6.07, 6.45) is 6.06. The lowest BCUT2D eigenvalue weighted by molar-refractivity contribution is 1.14. The van der Waals surface area contributed by atoms with Crippen molar-refractivity contribution in [1.29, 1.82) is 0 Å². The van der Waals surface area contributed by atoms with Gasteiger partial charge in [0.05, 0.1) is 22.8 Å². The Bertz CT molecular complexity index is 1380. The first-order chi connectivity index (χ1) is 14.6. The van der Waals surface area contributed by atoms with Crippen molar-refractivity contribution in [3.63, 3.8) is 0 Å². The predicted octanol–water partition coefficient (Wildman–Crippen LogP) is 6.70. The minimum atomic E-state index is 0.951. The van der Waals surface area contributed by atoms with Crippen LogP contribution in [0.3, 0.4) is 0 Å². The average Bonchev–Trinajstić information content (AvgIpc) is 3.47. The maximum Gasteiger partial charge on any atom is 0.0693 e. The quantitative estimate of drug-likeness (QED) is 0.397. The number of aryl methyl sites for hydroxylation is 2. The highest BCUT2D eigenvalue weighted by Crippen LogP contribution is 2.33. The van der Waals surface area contributed by atoms with Gasteiger partial charge in [-0.2, -0.15) is 0 Å². The summed E-state index contributed by atoms with van der Waals surface area (Å²) in [5, 5.41) is 0. The zero-order chi connectivity index (χ0) is 20.8. The summed E-state index contributed by atoms with van der Waals surface area (Å²) < 4.78 is 0. The second-order valence-electron chi connectivity index (χ2n) is 7.99. The lowest BCUT2D eigenvalue weighted by atomic mass is 10.0. The van der Waals surface area contributed by atoms with Gasteiger partial charge < -0.3 is 9.97 Å². The summed E-state index contributed by atoms with van der Waals surface area (Å²) in [6.45, 7) is 8.77. The molecule has 5 rings (SSSR count). The Labute approximate surface area is 176 Å². The minimum absolute atomic E-state index is 0.951. The number of rotatable bonds is 2. The number of aromatic nitrogens is 4. The van der Waals surface area contributed by atoms with Gasteiger partial charge in [0.15, 0.2) is 0 Å². The highest BCUT2D eigenvalue weighted by atomic mass is 14.8. The van der Waals surface area contributed by atoms with Crippen molar-refractivity contribution < 1.29 is 0 Å². The van der Waals surface area contributed by atoms with Crippen molar-refractivity contribution in [2.75, 3.05) is 0 Å². The van der Waals surface area contributed by atoms with Gasteiger partial charge in [-0.15, -0.1) is 0 Å². The fourth-order valence-electron chi connectivity index (χ4n) is 4.48. The van der Waals surface area contributed by atoms with E-state index >= 15 is 0 Å². The number of nitrogens with one attached hydrogen (secondary N) is 2. The molecule has 0 saturated heterocycles. The first-order valence-corrected chi connectivity index (χ1v) is 10.6. The Balaban J connectivity index is 1.92. The molecular weight excluding hydrogens is 368 g/mol. The molecule has 0 atom stereocenters.